The quantitative estimate of drug-likeness (QED) is 0.692. The summed E-state index contributed by atoms with van der Waals surface area (Å²) in [5.41, 5.74) is 1.50. The minimum Gasteiger partial charge on any atom is -0.496 e. The lowest BCUT2D eigenvalue weighted by atomic mass is 10.1. The van der Waals surface area contributed by atoms with Crippen LogP contribution in [-0.2, 0) is 14.1 Å². The van der Waals surface area contributed by atoms with Crippen molar-refractivity contribution < 1.29 is 9.53 Å². The maximum absolute atomic E-state index is 12.8. The summed E-state index contributed by atoms with van der Waals surface area (Å²) in [5, 5.41) is 2.89. The van der Waals surface area contributed by atoms with Crippen LogP contribution >= 0.6 is 0 Å². The number of anilines is 2. The second-order valence-electron chi connectivity index (χ2n) is 6.64. The van der Waals surface area contributed by atoms with Crippen LogP contribution < -0.4 is 26.1 Å². The average molecular weight is 382 g/mol. The third-order valence-electron chi connectivity index (χ3n) is 4.69. The fourth-order valence-corrected chi connectivity index (χ4v) is 3.10. The van der Waals surface area contributed by atoms with Gasteiger partial charge >= 0.3 is 11.1 Å². The van der Waals surface area contributed by atoms with Gasteiger partial charge in [0, 0.05) is 28.2 Å². The summed E-state index contributed by atoms with van der Waals surface area (Å²) >= 11 is 0. The molecule has 2 aromatic carbocycles. The van der Waals surface area contributed by atoms with Gasteiger partial charge in [0.25, 0.3) is 5.91 Å². The summed E-state index contributed by atoms with van der Waals surface area (Å²) in [6.07, 6.45) is 0. The Morgan fingerprint density at radius 3 is 2.14 bits per heavy atom. The maximum Gasteiger partial charge on any atom is 0.316 e. The van der Waals surface area contributed by atoms with Crippen molar-refractivity contribution in [2.45, 2.75) is 0 Å². The molecule has 3 aromatic rings. The zero-order chi connectivity index (χ0) is 20.6. The third kappa shape index (κ3) is 3.13. The molecule has 0 aliphatic carbocycles. The number of carbonyl (C=O) groups excluding carboxylic acids is 1. The number of methoxy groups -OCH3 is 1. The van der Waals surface area contributed by atoms with E-state index in [2.05, 4.69) is 5.32 Å². The van der Waals surface area contributed by atoms with Gasteiger partial charge in [-0.1, -0.05) is 12.1 Å². The fourth-order valence-electron chi connectivity index (χ4n) is 3.10. The normalized spacial score (nSPS) is 10.8. The Bertz CT molecular complexity index is 1190. The number of hydrogen-bond donors (Lipinski definition) is 1. The van der Waals surface area contributed by atoms with Crippen molar-refractivity contribution in [3.05, 3.63) is 62.7 Å². The Kier molecular flexibility index (Phi) is 4.96. The molecule has 1 N–H and O–H groups in total. The highest BCUT2D eigenvalue weighted by Crippen LogP contribution is 2.30. The van der Waals surface area contributed by atoms with E-state index in [0.717, 1.165) is 0 Å². The molecule has 0 atom stereocenters. The molecule has 0 aliphatic heterocycles. The monoisotopic (exact) mass is 382 g/mol. The van der Waals surface area contributed by atoms with Crippen LogP contribution in [0.25, 0.3) is 11.0 Å². The number of aryl methyl sites for hydroxylation is 2. The van der Waals surface area contributed by atoms with E-state index in [4.69, 9.17) is 4.74 Å². The van der Waals surface area contributed by atoms with Crippen molar-refractivity contribution >= 4 is 28.3 Å². The van der Waals surface area contributed by atoms with Gasteiger partial charge < -0.3 is 24.1 Å². The molecule has 0 spiro atoms. The number of nitrogens with one attached hydrogen (secondary N) is 1. The van der Waals surface area contributed by atoms with Crippen LogP contribution in [0.4, 0.5) is 11.4 Å². The van der Waals surface area contributed by atoms with Crippen LogP contribution in [-0.4, -0.2) is 36.2 Å². The topological polar surface area (TPSA) is 85.6 Å². The van der Waals surface area contributed by atoms with Crippen molar-refractivity contribution in [3.8, 4) is 5.75 Å². The van der Waals surface area contributed by atoms with Gasteiger partial charge in [0.2, 0.25) is 0 Å². The lowest BCUT2D eigenvalue weighted by Gasteiger charge is -2.21. The smallest absolute Gasteiger partial charge is 0.316 e. The summed E-state index contributed by atoms with van der Waals surface area (Å²) < 4.78 is 7.86. The predicted octanol–water partition coefficient (Wildman–Crippen LogP) is 1.56. The number of fused-ring (bicyclic) bond motifs is 1. The minimum absolute atomic E-state index is 0.338. The molecule has 0 unspecified atom stereocenters. The Hall–Kier alpha value is -3.55. The van der Waals surface area contributed by atoms with Crippen molar-refractivity contribution in [3.63, 3.8) is 0 Å². The molecule has 3 rings (SSSR count). The number of nitrogens with zero attached hydrogens (tertiary/aromatic N) is 3. The van der Waals surface area contributed by atoms with Crippen LogP contribution in [0.2, 0.25) is 0 Å². The molecule has 1 heterocycles. The zero-order valence-corrected chi connectivity index (χ0v) is 16.4. The Labute approximate surface area is 161 Å². The first-order chi connectivity index (χ1) is 13.3. The van der Waals surface area contributed by atoms with Gasteiger partial charge in [-0.3, -0.25) is 14.4 Å². The number of hydrogen-bond acceptors (Lipinski definition) is 5. The largest absolute Gasteiger partial charge is 0.496 e. The van der Waals surface area contributed by atoms with E-state index in [1.165, 1.54) is 23.3 Å². The molecular formula is C20H22N4O4. The first-order valence-electron chi connectivity index (χ1n) is 8.61. The lowest BCUT2D eigenvalue weighted by Crippen LogP contribution is -2.39. The zero-order valence-electron chi connectivity index (χ0n) is 16.4. The van der Waals surface area contributed by atoms with E-state index in [0.29, 0.717) is 33.7 Å². The number of para-hydroxylation sites is 1. The van der Waals surface area contributed by atoms with Crippen molar-refractivity contribution in [2.75, 3.05) is 31.4 Å². The SMILES string of the molecule is COc1ccccc1C(=O)Nc1cc2c(cc1N(C)C)n(C)c(=O)c(=O)n2C. The van der Waals surface area contributed by atoms with Crippen molar-refractivity contribution in [2.24, 2.45) is 14.1 Å². The molecular weight excluding hydrogens is 360 g/mol. The summed E-state index contributed by atoms with van der Waals surface area (Å²) in [5.74, 6) is 0.122. The third-order valence-corrected chi connectivity index (χ3v) is 4.69. The first-order valence-corrected chi connectivity index (χ1v) is 8.61. The summed E-state index contributed by atoms with van der Waals surface area (Å²) in [7, 11) is 8.26. The molecule has 0 aliphatic rings. The summed E-state index contributed by atoms with van der Waals surface area (Å²) in [6.45, 7) is 0. The van der Waals surface area contributed by atoms with E-state index >= 15 is 0 Å². The molecule has 0 saturated carbocycles. The molecule has 1 amide bonds. The number of amides is 1. The van der Waals surface area contributed by atoms with Crippen molar-refractivity contribution in [1.29, 1.82) is 0 Å². The molecule has 0 saturated heterocycles. The van der Waals surface area contributed by atoms with Crippen LogP contribution in [0, 0.1) is 0 Å². The van der Waals surface area contributed by atoms with Gasteiger partial charge in [0.05, 0.1) is 35.1 Å². The van der Waals surface area contributed by atoms with Crippen LogP contribution in [0.15, 0.2) is 46.0 Å². The molecule has 0 fully saturated rings. The van der Waals surface area contributed by atoms with E-state index < -0.39 is 11.1 Å². The number of aromatic nitrogens is 2. The molecule has 0 bridgehead atoms. The second-order valence-corrected chi connectivity index (χ2v) is 6.64. The standard InChI is InChI=1S/C20H22N4O4/c1-22(2)14-11-16-15(23(3)19(26)20(27)24(16)4)10-13(14)21-18(25)12-8-6-7-9-17(12)28-5/h6-11H,1-5H3,(H,21,25). The number of benzene rings is 2. The van der Waals surface area contributed by atoms with Crippen LogP contribution in [0.3, 0.4) is 0 Å². The Morgan fingerprint density at radius 2 is 1.57 bits per heavy atom. The van der Waals surface area contributed by atoms with Gasteiger partial charge in [0.1, 0.15) is 5.75 Å². The van der Waals surface area contributed by atoms with Crippen LogP contribution in [0.1, 0.15) is 10.4 Å². The van der Waals surface area contributed by atoms with E-state index in [1.807, 2.05) is 19.0 Å². The predicted molar refractivity (Wildman–Crippen MR) is 110 cm³/mol. The summed E-state index contributed by atoms with van der Waals surface area (Å²) in [4.78, 5) is 39.0. The molecule has 1 aromatic heterocycles. The van der Waals surface area contributed by atoms with Gasteiger partial charge in [-0.25, -0.2) is 0 Å². The Morgan fingerprint density at radius 1 is 1.00 bits per heavy atom. The average Bonchev–Trinajstić information content (AvgIpc) is 2.69. The second kappa shape index (κ2) is 7.22. The molecule has 8 heteroatoms. The Balaban J connectivity index is 2.20. The fraction of sp³-hybridized carbons (Fsp3) is 0.250. The van der Waals surface area contributed by atoms with E-state index in [-0.39, 0.29) is 5.91 Å². The molecule has 0 radical (unpaired) electrons. The molecule has 28 heavy (non-hydrogen) atoms. The lowest BCUT2D eigenvalue weighted by molar-refractivity contribution is 0.102. The van der Waals surface area contributed by atoms with E-state index in [1.54, 1.807) is 43.4 Å². The number of carbonyl (C=O) groups is 1. The highest BCUT2D eigenvalue weighted by Gasteiger charge is 2.17. The van der Waals surface area contributed by atoms with Gasteiger partial charge in [0.15, 0.2) is 0 Å². The highest BCUT2D eigenvalue weighted by atomic mass is 16.5. The molecule has 146 valence electrons. The maximum atomic E-state index is 12.8. The number of rotatable bonds is 4. The number of ether oxygens (including phenoxy) is 1. The highest BCUT2D eigenvalue weighted by molar-refractivity contribution is 6.08. The van der Waals surface area contributed by atoms with Crippen LogP contribution in [0.5, 0.6) is 5.75 Å². The summed E-state index contributed by atoms with van der Waals surface area (Å²) in [6, 6.07) is 10.4. The minimum atomic E-state index is -0.630. The van der Waals surface area contributed by atoms with E-state index in [9.17, 15) is 14.4 Å². The first kappa shape index (κ1) is 19.2. The van der Waals surface area contributed by atoms with Gasteiger partial charge in [-0.2, -0.15) is 0 Å². The molecule has 8 nitrogen and oxygen atoms in total. The van der Waals surface area contributed by atoms with Crippen molar-refractivity contribution in [1.82, 2.24) is 9.13 Å². The van der Waals surface area contributed by atoms with Gasteiger partial charge in [-0.05, 0) is 24.3 Å². The van der Waals surface area contributed by atoms with Gasteiger partial charge in [-0.15, -0.1) is 0 Å².